The van der Waals surface area contributed by atoms with Crippen molar-refractivity contribution in [3.63, 3.8) is 0 Å². The van der Waals surface area contributed by atoms with Crippen molar-refractivity contribution in [1.82, 2.24) is 0 Å². The van der Waals surface area contributed by atoms with E-state index >= 15 is 0 Å². The molecule has 0 spiro atoms. The van der Waals surface area contributed by atoms with Gasteiger partial charge in [0, 0.05) is 24.4 Å². The first-order chi connectivity index (χ1) is 33.1. The molecular weight excluding hydrogens is 1070 g/mol. The standard InChI is InChI=1S/C28H48S2Si2.C24H38S2Si.C2HF3O2.CHCl3/c1-9-13-15-22(11-3)19-32(20-23(12-4)16-14-10-2)24-17-21(5)29-27(24)28-25(32)18-26(30-28)31(6,7)8;1-5-9-11-19(7-3)17-27(18-20(8-4)12-10-6-2)21-13-15-25-23(21)24-22(27)14-16-26-24;3-2(4,5)1(6)7;2-1(3)4/h17-18,22-23H,9-16,19-20H2,1-8H3;13-16,19-20H,5-12,17-18H2,1-4H3;(H,6,7);1H. The Morgan fingerprint density at radius 3 is 1.20 bits per heavy atom. The number of alkyl halides is 6. The summed E-state index contributed by atoms with van der Waals surface area (Å²) in [6.07, 6.45) is 17.1. The fourth-order valence-corrected chi connectivity index (χ4v) is 33.4. The highest BCUT2D eigenvalue weighted by Gasteiger charge is 2.51. The number of carboxylic acids is 1. The van der Waals surface area contributed by atoms with Crippen LogP contribution in [-0.4, -0.2) is 45.8 Å². The molecule has 398 valence electrons. The molecule has 2 aliphatic heterocycles. The Morgan fingerprint density at radius 1 is 0.586 bits per heavy atom. The van der Waals surface area contributed by atoms with Gasteiger partial charge >= 0.3 is 12.1 Å². The lowest BCUT2D eigenvalue weighted by atomic mass is 10.0. The van der Waals surface area contributed by atoms with Crippen LogP contribution in [0.3, 0.4) is 0 Å². The van der Waals surface area contributed by atoms with Gasteiger partial charge in [0.05, 0.1) is 8.07 Å². The fourth-order valence-electron chi connectivity index (χ4n) is 11.1. The van der Waals surface area contributed by atoms with Crippen molar-refractivity contribution in [1.29, 1.82) is 0 Å². The smallest absolute Gasteiger partial charge is 0.475 e. The Hall–Kier alpha value is -0.419. The fraction of sp³-hybridized carbons (Fsp3) is 0.691. The maximum absolute atomic E-state index is 10.6. The number of rotatable bonds is 25. The number of carboxylic acid groups (broad SMARTS) is 1. The molecular formula is C55H88Cl3F3O2S4Si3. The van der Waals surface area contributed by atoms with Gasteiger partial charge in [-0.3, -0.25) is 0 Å². The van der Waals surface area contributed by atoms with Gasteiger partial charge in [-0.05, 0) is 96.8 Å². The van der Waals surface area contributed by atoms with E-state index in [-0.39, 0.29) is 0 Å². The molecule has 6 heterocycles. The molecule has 2 aliphatic rings. The Balaban J connectivity index is 0.000000308. The Bertz CT molecular complexity index is 2040. The zero-order chi connectivity index (χ0) is 52.5. The van der Waals surface area contributed by atoms with E-state index < -0.39 is 40.7 Å². The molecule has 0 radical (unpaired) electrons. The summed E-state index contributed by atoms with van der Waals surface area (Å²) in [6.45, 7) is 29.2. The third-order valence-electron chi connectivity index (χ3n) is 15.1. The zero-order valence-corrected chi connectivity index (χ0v) is 53.3. The number of hydrogen-bond donors (Lipinski definition) is 1. The van der Waals surface area contributed by atoms with E-state index in [1.54, 1.807) is 28.9 Å². The van der Waals surface area contributed by atoms with Gasteiger partial charge in [-0.15, -0.1) is 45.3 Å². The molecule has 6 rings (SSSR count). The van der Waals surface area contributed by atoms with E-state index in [2.05, 4.69) is 140 Å². The van der Waals surface area contributed by atoms with Crippen LogP contribution >= 0.6 is 80.1 Å². The maximum atomic E-state index is 10.6. The number of carbonyl (C=O) groups is 1. The van der Waals surface area contributed by atoms with Crippen LogP contribution in [0.5, 0.6) is 0 Å². The predicted octanol–water partition coefficient (Wildman–Crippen LogP) is 19.0. The largest absolute Gasteiger partial charge is 0.490 e. The first-order valence-corrected chi connectivity index (χ1v) is 39.7. The number of halogens is 6. The van der Waals surface area contributed by atoms with E-state index in [0.29, 0.717) is 0 Å². The summed E-state index contributed by atoms with van der Waals surface area (Å²) in [5, 5.41) is 19.3. The van der Waals surface area contributed by atoms with Crippen molar-refractivity contribution in [3.05, 3.63) is 39.9 Å². The topological polar surface area (TPSA) is 37.3 Å². The molecule has 0 fully saturated rings. The lowest BCUT2D eigenvalue weighted by molar-refractivity contribution is -0.192. The SMILES string of the molecule is CCCCC(CC)C[Si]1(CC(CC)CCCC)c2cc(C)sc2-c2sc([Si](C)(C)C)cc21.CCCCC(CC)C[Si]1(CC(CC)CCCC)c2ccsc2-c2sccc21.ClC(Cl)Cl.O=C(O)C(F)(F)F. The Kier molecular flexibility index (Phi) is 27.7. The van der Waals surface area contributed by atoms with Crippen LogP contribution in [0.1, 0.15) is 163 Å². The van der Waals surface area contributed by atoms with Crippen molar-refractivity contribution in [3.8, 4) is 19.5 Å². The molecule has 0 bridgehead atoms. The molecule has 2 nitrogen and oxygen atoms in total. The average molecular weight is 1160 g/mol. The van der Waals surface area contributed by atoms with E-state index in [4.69, 9.17) is 44.7 Å². The van der Waals surface area contributed by atoms with Crippen LogP contribution in [0.4, 0.5) is 13.2 Å². The number of aryl methyl sites for hydroxylation is 1. The summed E-state index contributed by atoms with van der Waals surface area (Å²) < 4.78 is 32.7. The second-order valence-corrected chi connectivity index (χ2v) is 40.9. The molecule has 15 heteroatoms. The van der Waals surface area contributed by atoms with Crippen LogP contribution in [0.2, 0.25) is 43.8 Å². The van der Waals surface area contributed by atoms with Crippen molar-refractivity contribution < 1.29 is 23.1 Å². The molecule has 70 heavy (non-hydrogen) atoms. The van der Waals surface area contributed by atoms with E-state index in [0.717, 1.165) is 23.7 Å². The number of aliphatic carboxylic acids is 1. The van der Waals surface area contributed by atoms with Gasteiger partial charge in [0.1, 0.15) is 16.1 Å². The number of hydrogen-bond acceptors (Lipinski definition) is 5. The van der Waals surface area contributed by atoms with Crippen LogP contribution in [0, 0.1) is 30.6 Å². The van der Waals surface area contributed by atoms with Crippen LogP contribution in [-0.2, 0) is 4.79 Å². The molecule has 0 aliphatic carbocycles. The second kappa shape index (κ2) is 30.4. The molecule has 4 aromatic heterocycles. The lowest BCUT2D eigenvalue weighted by Gasteiger charge is -2.36. The molecule has 4 unspecified atom stereocenters. The minimum atomic E-state index is -5.08. The molecule has 4 atom stereocenters. The number of fused-ring (bicyclic) bond motifs is 6. The molecule has 0 aromatic carbocycles. The monoisotopic (exact) mass is 1150 g/mol. The highest BCUT2D eigenvalue weighted by atomic mass is 35.6. The molecule has 0 saturated carbocycles. The van der Waals surface area contributed by atoms with Crippen molar-refractivity contribution >= 4 is 136 Å². The summed E-state index contributed by atoms with van der Waals surface area (Å²) in [7, 11) is -4.65. The van der Waals surface area contributed by atoms with E-state index in [1.165, 1.54) is 127 Å². The van der Waals surface area contributed by atoms with Crippen LogP contribution in [0.15, 0.2) is 35.0 Å². The minimum Gasteiger partial charge on any atom is -0.475 e. The third-order valence-corrected chi connectivity index (χ3v) is 34.6. The van der Waals surface area contributed by atoms with Crippen molar-refractivity contribution in [2.45, 2.75) is 219 Å². The first-order valence-electron chi connectivity index (χ1n) is 26.7. The quantitative estimate of drug-likeness (QED) is 0.0530. The van der Waals surface area contributed by atoms with Gasteiger partial charge in [-0.25, -0.2) is 4.79 Å². The first kappa shape index (κ1) is 63.9. The van der Waals surface area contributed by atoms with Gasteiger partial charge in [0.2, 0.25) is 0 Å². The Labute approximate surface area is 457 Å². The lowest BCUT2D eigenvalue weighted by Crippen LogP contribution is -2.57. The summed E-state index contributed by atoms with van der Waals surface area (Å²) >= 11 is 22.8. The van der Waals surface area contributed by atoms with Gasteiger partial charge in [-0.1, -0.05) is 231 Å². The van der Waals surface area contributed by atoms with Gasteiger partial charge in [0.15, 0.2) is 4.30 Å². The van der Waals surface area contributed by atoms with Gasteiger partial charge in [0.25, 0.3) is 0 Å². The number of unbranched alkanes of at least 4 members (excludes halogenated alkanes) is 4. The molecule has 0 amide bonds. The summed E-state index contributed by atoms with van der Waals surface area (Å²) in [5.41, 5.74) is 0. The van der Waals surface area contributed by atoms with Crippen LogP contribution in [0.25, 0.3) is 19.5 Å². The van der Waals surface area contributed by atoms with Gasteiger partial charge < -0.3 is 5.11 Å². The molecule has 4 aromatic rings. The summed E-state index contributed by atoms with van der Waals surface area (Å²) in [4.78, 5) is 17.2. The summed E-state index contributed by atoms with van der Waals surface area (Å²) in [6, 6.07) is 16.5. The second-order valence-electron chi connectivity index (χ2n) is 21.2. The maximum Gasteiger partial charge on any atom is 0.490 e. The van der Waals surface area contributed by atoms with E-state index in [9.17, 15) is 13.2 Å². The normalized spacial score (nSPS) is 17.2. The molecule has 0 saturated heterocycles. The molecule has 1 N–H and O–H groups in total. The highest BCUT2D eigenvalue weighted by molar-refractivity contribution is 7.35. The average Bonchev–Trinajstić information content (AvgIpc) is 4.17. The zero-order valence-electron chi connectivity index (χ0n) is 44.7. The minimum absolute atomic E-state index is 0.750. The number of thiophene rings is 4. The predicted molar refractivity (Wildman–Crippen MR) is 321 cm³/mol. The Morgan fingerprint density at radius 2 is 0.900 bits per heavy atom. The summed E-state index contributed by atoms with van der Waals surface area (Å²) in [5.74, 6) is 0.879. The third kappa shape index (κ3) is 17.3. The highest BCUT2D eigenvalue weighted by Crippen LogP contribution is 2.46. The van der Waals surface area contributed by atoms with E-state index in [1.807, 2.05) is 43.4 Å². The van der Waals surface area contributed by atoms with Gasteiger partial charge in [-0.2, -0.15) is 13.2 Å². The van der Waals surface area contributed by atoms with Crippen molar-refractivity contribution in [2.24, 2.45) is 23.7 Å². The van der Waals surface area contributed by atoms with Crippen LogP contribution < -0.4 is 25.2 Å². The van der Waals surface area contributed by atoms with Crippen molar-refractivity contribution in [2.75, 3.05) is 0 Å².